The minimum Gasteiger partial charge on any atom is -0.309 e. The van der Waals surface area contributed by atoms with E-state index in [1.54, 1.807) is 0 Å². The van der Waals surface area contributed by atoms with Crippen molar-refractivity contribution in [2.24, 2.45) is 0 Å². The monoisotopic (exact) mass is 286 g/mol. The average molecular weight is 286 g/mol. The molecule has 20 heavy (non-hydrogen) atoms. The summed E-state index contributed by atoms with van der Waals surface area (Å²) in [6.07, 6.45) is 0. The van der Waals surface area contributed by atoms with Gasteiger partial charge in [-0.3, -0.25) is 4.90 Å². The molecule has 0 amide bonds. The number of hydrogen-bond acceptors (Lipinski definition) is 3. The standard InChI is InChI=1S/C17H22N2S/c1-17(2)13-19(12-15-9-6-10-20-15)16(11-18-17)14-7-4-3-5-8-14/h3-10,16,18H,11-13H2,1-2H3. The molecule has 0 saturated carbocycles. The maximum absolute atomic E-state index is 3.68. The number of nitrogens with one attached hydrogen (secondary N) is 1. The minimum absolute atomic E-state index is 0.183. The third kappa shape index (κ3) is 3.11. The van der Waals surface area contributed by atoms with E-state index in [9.17, 15) is 0 Å². The van der Waals surface area contributed by atoms with Crippen molar-refractivity contribution in [3.05, 3.63) is 58.3 Å². The maximum atomic E-state index is 3.68. The molecule has 1 aromatic heterocycles. The van der Waals surface area contributed by atoms with E-state index >= 15 is 0 Å². The van der Waals surface area contributed by atoms with Crippen LogP contribution in [-0.4, -0.2) is 23.5 Å². The Hall–Kier alpha value is -1.16. The quantitative estimate of drug-likeness (QED) is 0.926. The van der Waals surface area contributed by atoms with Crippen LogP contribution in [0.15, 0.2) is 47.8 Å². The SMILES string of the molecule is CC1(C)CN(Cc2cccs2)C(c2ccccc2)CN1. The molecule has 106 valence electrons. The van der Waals surface area contributed by atoms with Crippen LogP contribution >= 0.6 is 11.3 Å². The van der Waals surface area contributed by atoms with Gasteiger partial charge in [-0.05, 0) is 30.9 Å². The molecule has 2 heterocycles. The molecule has 1 aliphatic rings. The molecule has 2 aromatic rings. The lowest BCUT2D eigenvalue weighted by Gasteiger charge is -2.44. The molecule has 1 N–H and O–H groups in total. The molecule has 0 radical (unpaired) electrons. The van der Waals surface area contributed by atoms with Crippen molar-refractivity contribution < 1.29 is 0 Å². The molecule has 0 aliphatic carbocycles. The van der Waals surface area contributed by atoms with Crippen LogP contribution in [0.3, 0.4) is 0 Å². The van der Waals surface area contributed by atoms with Crippen LogP contribution < -0.4 is 5.32 Å². The third-order valence-corrected chi connectivity index (χ3v) is 4.80. The van der Waals surface area contributed by atoms with Crippen molar-refractivity contribution >= 4 is 11.3 Å². The Morgan fingerprint density at radius 2 is 2.00 bits per heavy atom. The second-order valence-electron chi connectivity index (χ2n) is 6.18. The van der Waals surface area contributed by atoms with Gasteiger partial charge in [0.15, 0.2) is 0 Å². The number of nitrogens with zero attached hydrogens (tertiary/aromatic N) is 1. The van der Waals surface area contributed by atoms with Crippen LogP contribution in [0.1, 0.15) is 30.3 Å². The van der Waals surface area contributed by atoms with E-state index in [0.717, 1.165) is 19.6 Å². The Bertz CT molecular complexity index is 533. The normalized spacial score (nSPS) is 22.8. The first-order valence-corrected chi connectivity index (χ1v) is 8.08. The summed E-state index contributed by atoms with van der Waals surface area (Å²) in [5.74, 6) is 0. The van der Waals surface area contributed by atoms with E-state index < -0.39 is 0 Å². The predicted molar refractivity (Wildman–Crippen MR) is 86.0 cm³/mol. The smallest absolute Gasteiger partial charge is 0.0477 e. The highest BCUT2D eigenvalue weighted by molar-refractivity contribution is 7.09. The van der Waals surface area contributed by atoms with Gasteiger partial charge in [-0.15, -0.1) is 11.3 Å². The van der Waals surface area contributed by atoms with Crippen LogP contribution in [-0.2, 0) is 6.54 Å². The van der Waals surface area contributed by atoms with Crippen molar-refractivity contribution in [2.75, 3.05) is 13.1 Å². The molecule has 3 rings (SSSR count). The van der Waals surface area contributed by atoms with Crippen molar-refractivity contribution in [1.82, 2.24) is 10.2 Å². The van der Waals surface area contributed by atoms with Gasteiger partial charge < -0.3 is 5.32 Å². The molecule has 1 aromatic carbocycles. The predicted octanol–water partition coefficient (Wildman–Crippen LogP) is 3.67. The van der Waals surface area contributed by atoms with Crippen LogP contribution in [0.5, 0.6) is 0 Å². The summed E-state index contributed by atoms with van der Waals surface area (Å²) in [5, 5.41) is 5.85. The van der Waals surface area contributed by atoms with E-state index in [-0.39, 0.29) is 5.54 Å². The first-order chi connectivity index (χ1) is 9.64. The number of hydrogen-bond donors (Lipinski definition) is 1. The fourth-order valence-electron chi connectivity index (χ4n) is 2.95. The summed E-state index contributed by atoms with van der Waals surface area (Å²) >= 11 is 1.85. The second kappa shape index (κ2) is 5.68. The molecule has 1 fully saturated rings. The fraction of sp³-hybridized carbons (Fsp3) is 0.412. The molecule has 3 heteroatoms. The van der Waals surface area contributed by atoms with Gasteiger partial charge in [-0.1, -0.05) is 36.4 Å². The van der Waals surface area contributed by atoms with Crippen LogP contribution in [0.25, 0.3) is 0 Å². The van der Waals surface area contributed by atoms with Gasteiger partial charge in [0.1, 0.15) is 0 Å². The highest BCUT2D eigenvalue weighted by Crippen LogP contribution is 2.29. The average Bonchev–Trinajstić information content (AvgIpc) is 2.92. The van der Waals surface area contributed by atoms with E-state index in [4.69, 9.17) is 0 Å². The lowest BCUT2D eigenvalue weighted by Crippen LogP contribution is -2.57. The summed E-state index contributed by atoms with van der Waals surface area (Å²) in [7, 11) is 0. The molecule has 1 atom stereocenters. The van der Waals surface area contributed by atoms with Crippen LogP contribution in [0.2, 0.25) is 0 Å². The topological polar surface area (TPSA) is 15.3 Å². The molecule has 1 unspecified atom stereocenters. The summed E-state index contributed by atoms with van der Waals surface area (Å²) < 4.78 is 0. The van der Waals surface area contributed by atoms with Gasteiger partial charge in [0.2, 0.25) is 0 Å². The van der Waals surface area contributed by atoms with Crippen molar-refractivity contribution in [3.63, 3.8) is 0 Å². The molecule has 0 spiro atoms. The zero-order valence-electron chi connectivity index (χ0n) is 12.2. The maximum Gasteiger partial charge on any atom is 0.0477 e. The van der Waals surface area contributed by atoms with E-state index in [1.165, 1.54) is 10.4 Å². The van der Waals surface area contributed by atoms with E-state index in [2.05, 4.69) is 71.9 Å². The Morgan fingerprint density at radius 1 is 1.20 bits per heavy atom. The molecular formula is C17H22N2S. The van der Waals surface area contributed by atoms with Gasteiger partial charge in [0.25, 0.3) is 0 Å². The number of benzene rings is 1. The van der Waals surface area contributed by atoms with Crippen LogP contribution in [0.4, 0.5) is 0 Å². The third-order valence-electron chi connectivity index (χ3n) is 3.94. The first-order valence-electron chi connectivity index (χ1n) is 7.20. The van der Waals surface area contributed by atoms with Crippen molar-refractivity contribution in [3.8, 4) is 0 Å². The minimum atomic E-state index is 0.183. The zero-order chi connectivity index (χ0) is 14.0. The van der Waals surface area contributed by atoms with E-state index in [1.807, 2.05) is 11.3 Å². The van der Waals surface area contributed by atoms with Gasteiger partial charge >= 0.3 is 0 Å². The highest BCUT2D eigenvalue weighted by Gasteiger charge is 2.33. The van der Waals surface area contributed by atoms with Crippen molar-refractivity contribution in [2.45, 2.75) is 32.0 Å². The van der Waals surface area contributed by atoms with Crippen molar-refractivity contribution in [1.29, 1.82) is 0 Å². The number of thiophene rings is 1. The fourth-order valence-corrected chi connectivity index (χ4v) is 3.68. The summed E-state index contributed by atoms with van der Waals surface area (Å²) in [5.41, 5.74) is 1.59. The van der Waals surface area contributed by atoms with Gasteiger partial charge in [0.05, 0.1) is 0 Å². The lowest BCUT2D eigenvalue weighted by atomic mass is 9.95. The highest BCUT2D eigenvalue weighted by atomic mass is 32.1. The van der Waals surface area contributed by atoms with Crippen LogP contribution in [0, 0.1) is 0 Å². The Morgan fingerprint density at radius 3 is 2.70 bits per heavy atom. The second-order valence-corrected chi connectivity index (χ2v) is 7.21. The van der Waals surface area contributed by atoms with E-state index in [0.29, 0.717) is 6.04 Å². The molecule has 1 aliphatic heterocycles. The van der Waals surface area contributed by atoms with Gasteiger partial charge in [0, 0.05) is 36.1 Å². The Kier molecular flexibility index (Phi) is 3.92. The summed E-state index contributed by atoms with van der Waals surface area (Å²) in [6, 6.07) is 15.7. The molecular weight excluding hydrogens is 264 g/mol. The zero-order valence-corrected chi connectivity index (χ0v) is 13.0. The Balaban J connectivity index is 1.83. The number of rotatable bonds is 3. The number of piperazine rings is 1. The molecule has 2 nitrogen and oxygen atoms in total. The lowest BCUT2D eigenvalue weighted by molar-refractivity contribution is 0.0890. The Labute approximate surface area is 125 Å². The van der Waals surface area contributed by atoms with Gasteiger partial charge in [-0.25, -0.2) is 0 Å². The molecule has 1 saturated heterocycles. The largest absolute Gasteiger partial charge is 0.309 e. The van der Waals surface area contributed by atoms with Gasteiger partial charge in [-0.2, -0.15) is 0 Å². The summed E-state index contributed by atoms with van der Waals surface area (Å²) in [6.45, 7) is 7.71. The first kappa shape index (κ1) is 13.8. The molecule has 0 bridgehead atoms. The summed E-state index contributed by atoms with van der Waals surface area (Å²) in [4.78, 5) is 4.06.